The Bertz CT molecular complexity index is 1320. The fraction of sp³-hybridized carbons (Fsp3) is 0.500. The lowest BCUT2D eigenvalue weighted by Crippen LogP contribution is -2.31. The third kappa shape index (κ3) is 4.75. The highest BCUT2D eigenvalue weighted by molar-refractivity contribution is 5.88. The van der Waals surface area contributed by atoms with E-state index in [1.807, 2.05) is 25.3 Å². The molecule has 0 aliphatic heterocycles. The summed E-state index contributed by atoms with van der Waals surface area (Å²) in [7, 11) is 1.69. The normalized spacial score (nSPS) is 18.7. The van der Waals surface area contributed by atoms with Gasteiger partial charge in [0.2, 0.25) is 5.95 Å². The Morgan fingerprint density at radius 3 is 2.69 bits per heavy atom. The van der Waals surface area contributed by atoms with Crippen LogP contribution in [-0.4, -0.2) is 56.6 Å². The molecule has 0 radical (unpaired) electrons. The van der Waals surface area contributed by atoms with Crippen molar-refractivity contribution in [3.05, 3.63) is 42.2 Å². The van der Waals surface area contributed by atoms with E-state index in [-0.39, 0.29) is 11.9 Å². The van der Waals surface area contributed by atoms with Gasteiger partial charge in [0, 0.05) is 31.0 Å². The smallest absolute Gasteiger partial charge is 0.241 e. The first kappa shape index (κ1) is 23.7. The Morgan fingerprint density at radius 2 is 1.94 bits per heavy atom. The summed E-state index contributed by atoms with van der Waals surface area (Å²) in [5.74, 6) is 1.08. The molecule has 9 heteroatoms. The highest BCUT2D eigenvalue weighted by Gasteiger charge is 2.22. The molecule has 1 aliphatic carbocycles. The summed E-state index contributed by atoms with van der Waals surface area (Å²) >= 11 is 0. The molecule has 186 valence electrons. The quantitative estimate of drug-likeness (QED) is 0.351. The molecule has 3 aromatic heterocycles. The second-order valence-electron chi connectivity index (χ2n) is 9.57. The van der Waals surface area contributed by atoms with Crippen LogP contribution in [0.2, 0.25) is 0 Å². The minimum Gasteiger partial charge on any atom is -0.382 e. The van der Waals surface area contributed by atoms with E-state index in [1.165, 1.54) is 0 Å². The lowest BCUT2D eigenvalue weighted by molar-refractivity contribution is -0.00158. The van der Waals surface area contributed by atoms with Gasteiger partial charge in [-0.05, 0) is 70.2 Å². The number of aromatic nitrogens is 5. The minimum absolute atomic E-state index is 0.185. The van der Waals surface area contributed by atoms with Gasteiger partial charge in [0.05, 0.1) is 36.5 Å². The molecular formula is C26H33FN6O2. The molecule has 5 rings (SSSR count). The highest BCUT2D eigenvalue weighted by atomic mass is 19.1. The van der Waals surface area contributed by atoms with Crippen LogP contribution in [0.15, 0.2) is 30.6 Å². The molecule has 3 heterocycles. The summed E-state index contributed by atoms with van der Waals surface area (Å²) in [6, 6.07) is 6.02. The summed E-state index contributed by atoms with van der Waals surface area (Å²) in [6.45, 7) is 7.35. The Kier molecular flexibility index (Phi) is 6.71. The van der Waals surface area contributed by atoms with Gasteiger partial charge in [-0.1, -0.05) is 0 Å². The van der Waals surface area contributed by atoms with E-state index in [1.54, 1.807) is 23.9 Å². The van der Waals surface area contributed by atoms with Crippen molar-refractivity contribution in [1.29, 1.82) is 0 Å². The number of methoxy groups -OCH3 is 1. The molecule has 1 N–H and O–H groups in total. The molecule has 1 fully saturated rings. The molecule has 0 saturated heterocycles. The zero-order valence-corrected chi connectivity index (χ0v) is 20.8. The van der Waals surface area contributed by atoms with Crippen molar-refractivity contribution in [3.8, 4) is 11.1 Å². The summed E-state index contributed by atoms with van der Waals surface area (Å²) in [5, 5.41) is 8.14. The van der Waals surface area contributed by atoms with E-state index in [0.29, 0.717) is 36.8 Å². The van der Waals surface area contributed by atoms with Crippen LogP contribution in [0.4, 0.5) is 10.3 Å². The predicted octanol–water partition coefficient (Wildman–Crippen LogP) is 5.16. The van der Waals surface area contributed by atoms with Crippen molar-refractivity contribution in [2.45, 2.75) is 64.6 Å². The summed E-state index contributed by atoms with van der Waals surface area (Å²) in [6.07, 6.45) is 8.04. The van der Waals surface area contributed by atoms with E-state index < -0.39 is 0 Å². The molecule has 4 aromatic rings. The Balaban J connectivity index is 1.34. The topological polar surface area (TPSA) is 78.5 Å². The fourth-order valence-corrected chi connectivity index (χ4v) is 5.14. The zero-order valence-electron chi connectivity index (χ0n) is 20.8. The van der Waals surface area contributed by atoms with Crippen molar-refractivity contribution in [3.63, 3.8) is 0 Å². The zero-order chi connectivity index (χ0) is 24.5. The summed E-state index contributed by atoms with van der Waals surface area (Å²) in [4.78, 5) is 9.02. The van der Waals surface area contributed by atoms with Gasteiger partial charge in [-0.2, -0.15) is 0 Å². The number of aryl methyl sites for hydroxylation is 1. The number of halogens is 1. The van der Waals surface area contributed by atoms with Crippen molar-refractivity contribution >= 4 is 22.5 Å². The lowest BCUT2D eigenvalue weighted by atomic mass is 9.93. The van der Waals surface area contributed by atoms with Crippen molar-refractivity contribution in [2.75, 3.05) is 25.6 Å². The van der Waals surface area contributed by atoms with Crippen molar-refractivity contribution < 1.29 is 13.9 Å². The molecule has 8 nitrogen and oxygen atoms in total. The number of nitrogens with one attached hydrogen (secondary N) is 1. The van der Waals surface area contributed by atoms with Crippen molar-refractivity contribution in [1.82, 2.24) is 24.1 Å². The van der Waals surface area contributed by atoms with E-state index >= 15 is 0 Å². The molecule has 0 unspecified atom stereocenters. The highest BCUT2D eigenvalue weighted by Crippen LogP contribution is 2.32. The third-order valence-corrected chi connectivity index (χ3v) is 6.82. The number of fused-ring (bicyclic) bond motifs is 2. The number of benzene rings is 1. The first-order chi connectivity index (χ1) is 16.9. The van der Waals surface area contributed by atoms with Crippen LogP contribution in [0, 0.1) is 12.7 Å². The molecule has 1 aromatic carbocycles. The average Bonchev–Trinajstić information content (AvgIpc) is 3.40. The standard InChI is InChI=1S/C26H33FN6O2/c1-16(2)33-17(3)29-25-22(27)13-18(14-23(25)33)21-9-10-32-24(21)15-28-26(31-32)30-19-5-7-20(8-6-19)35-12-11-34-4/h9-10,13-16,19-20H,5-8,11-12H2,1-4H3,(H,30,31). The van der Waals surface area contributed by atoms with Crippen LogP contribution in [0.5, 0.6) is 0 Å². The molecular weight excluding hydrogens is 447 g/mol. The number of ether oxygens (including phenoxy) is 2. The maximum Gasteiger partial charge on any atom is 0.241 e. The first-order valence-corrected chi connectivity index (χ1v) is 12.3. The van der Waals surface area contributed by atoms with Gasteiger partial charge >= 0.3 is 0 Å². The first-order valence-electron chi connectivity index (χ1n) is 12.3. The number of nitrogens with zero attached hydrogens (tertiary/aromatic N) is 5. The van der Waals surface area contributed by atoms with Crippen LogP contribution < -0.4 is 5.32 Å². The maximum absolute atomic E-state index is 15.0. The predicted molar refractivity (Wildman–Crippen MR) is 134 cm³/mol. The Hall–Kier alpha value is -3.04. The largest absolute Gasteiger partial charge is 0.382 e. The van der Waals surface area contributed by atoms with Crippen LogP contribution in [0.25, 0.3) is 27.7 Å². The van der Waals surface area contributed by atoms with E-state index in [2.05, 4.69) is 38.8 Å². The second kappa shape index (κ2) is 9.91. The number of hydrogen-bond donors (Lipinski definition) is 1. The van der Waals surface area contributed by atoms with E-state index in [0.717, 1.165) is 53.7 Å². The molecule has 1 saturated carbocycles. The molecule has 0 spiro atoms. The van der Waals surface area contributed by atoms with Gasteiger partial charge in [-0.3, -0.25) is 0 Å². The van der Waals surface area contributed by atoms with Gasteiger partial charge in [0.25, 0.3) is 0 Å². The number of anilines is 1. The van der Waals surface area contributed by atoms with Gasteiger partial charge in [0.1, 0.15) is 11.3 Å². The molecule has 0 bridgehead atoms. The molecule has 0 atom stereocenters. The number of hydrogen-bond acceptors (Lipinski definition) is 6. The van der Waals surface area contributed by atoms with Crippen LogP contribution in [0.1, 0.15) is 51.4 Å². The average molecular weight is 481 g/mol. The summed E-state index contributed by atoms with van der Waals surface area (Å²) in [5.41, 5.74) is 3.71. The van der Waals surface area contributed by atoms with Gasteiger partial charge in [0.15, 0.2) is 5.82 Å². The van der Waals surface area contributed by atoms with Gasteiger partial charge < -0.3 is 19.4 Å². The van der Waals surface area contributed by atoms with Crippen molar-refractivity contribution in [2.24, 2.45) is 0 Å². The van der Waals surface area contributed by atoms with Gasteiger partial charge in [-0.25, -0.2) is 18.9 Å². The fourth-order valence-electron chi connectivity index (χ4n) is 5.14. The monoisotopic (exact) mass is 480 g/mol. The molecule has 1 aliphatic rings. The third-order valence-electron chi connectivity index (χ3n) is 6.82. The molecule has 35 heavy (non-hydrogen) atoms. The Labute approximate surface area is 204 Å². The van der Waals surface area contributed by atoms with Crippen LogP contribution in [0.3, 0.4) is 0 Å². The van der Waals surface area contributed by atoms with E-state index in [9.17, 15) is 4.39 Å². The lowest BCUT2D eigenvalue weighted by Gasteiger charge is -2.29. The maximum atomic E-state index is 15.0. The number of imidazole rings is 1. The number of rotatable bonds is 8. The minimum atomic E-state index is -0.319. The summed E-state index contributed by atoms with van der Waals surface area (Å²) < 4.78 is 29.8. The van der Waals surface area contributed by atoms with E-state index in [4.69, 9.17) is 9.47 Å². The Morgan fingerprint density at radius 1 is 1.14 bits per heavy atom. The van der Waals surface area contributed by atoms with Crippen LogP contribution in [-0.2, 0) is 9.47 Å². The van der Waals surface area contributed by atoms with Crippen LogP contribution >= 0.6 is 0 Å². The second-order valence-corrected chi connectivity index (χ2v) is 9.57. The molecule has 0 amide bonds. The SMILES string of the molecule is COCCOC1CCC(Nc2ncc3c(-c4cc(F)c5nc(C)n(C(C)C)c5c4)ccn3n2)CC1. The van der Waals surface area contributed by atoms with Gasteiger partial charge in [-0.15, -0.1) is 5.10 Å².